The van der Waals surface area contributed by atoms with Crippen LogP contribution in [0.3, 0.4) is 0 Å². The number of hydrogen-bond acceptors (Lipinski definition) is 5. The van der Waals surface area contributed by atoms with Gasteiger partial charge in [-0.15, -0.1) is 0 Å². The Morgan fingerprint density at radius 2 is 1.83 bits per heavy atom. The summed E-state index contributed by atoms with van der Waals surface area (Å²) in [5.41, 5.74) is 4.81. The summed E-state index contributed by atoms with van der Waals surface area (Å²) >= 11 is 0. The first-order chi connectivity index (χ1) is 14.4. The first-order valence-electron chi connectivity index (χ1n) is 10.0. The van der Waals surface area contributed by atoms with Crippen LogP contribution in [0.15, 0.2) is 59.2 Å². The van der Waals surface area contributed by atoms with Crippen LogP contribution in [0.5, 0.6) is 0 Å². The van der Waals surface area contributed by atoms with Gasteiger partial charge < -0.3 is 14.7 Å². The summed E-state index contributed by atoms with van der Waals surface area (Å²) < 4.78 is 5.04. The number of carbonyl (C=O) groups excluding carboxylic acids is 1. The Bertz CT molecular complexity index is 1010. The van der Waals surface area contributed by atoms with Crippen molar-refractivity contribution in [1.82, 2.24) is 0 Å². The minimum absolute atomic E-state index is 0.154. The molecular weight excluding hydrogens is 380 g/mol. The molecule has 0 fully saturated rings. The molecule has 0 amide bonds. The molecule has 2 aromatic rings. The molecule has 0 atom stereocenters. The highest BCUT2D eigenvalue weighted by molar-refractivity contribution is 6.45. The van der Waals surface area contributed by atoms with Gasteiger partial charge in [0.2, 0.25) is 0 Å². The summed E-state index contributed by atoms with van der Waals surface area (Å²) in [6.45, 7) is 6.44. The number of carboxylic acids is 1. The fourth-order valence-electron chi connectivity index (χ4n) is 3.45. The van der Waals surface area contributed by atoms with Gasteiger partial charge in [0, 0.05) is 12.6 Å². The van der Waals surface area contributed by atoms with Crippen molar-refractivity contribution in [2.24, 2.45) is 4.99 Å². The van der Waals surface area contributed by atoms with E-state index < -0.39 is 11.9 Å². The summed E-state index contributed by atoms with van der Waals surface area (Å²) in [4.78, 5) is 30.4. The number of aliphatic carboxylic acids is 1. The summed E-state index contributed by atoms with van der Waals surface area (Å²) in [7, 11) is 0. The third-order valence-electron chi connectivity index (χ3n) is 5.08. The molecule has 0 spiro atoms. The lowest BCUT2D eigenvalue weighted by Gasteiger charge is -2.32. The van der Waals surface area contributed by atoms with E-state index in [0.29, 0.717) is 12.2 Å². The highest BCUT2D eigenvalue weighted by atomic mass is 16.5. The molecule has 2 aromatic carbocycles. The molecule has 156 valence electrons. The van der Waals surface area contributed by atoms with Crippen LogP contribution in [0.4, 0.5) is 11.4 Å². The van der Waals surface area contributed by atoms with E-state index in [9.17, 15) is 14.7 Å². The Morgan fingerprint density at radius 1 is 1.13 bits per heavy atom. The molecule has 0 aliphatic carbocycles. The molecule has 3 rings (SSSR count). The van der Waals surface area contributed by atoms with Crippen LogP contribution in [0.2, 0.25) is 0 Å². The molecule has 0 bridgehead atoms. The molecule has 1 aliphatic heterocycles. The number of aryl methyl sites for hydroxylation is 3. The second-order valence-electron chi connectivity index (χ2n) is 7.21. The van der Waals surface area contributed by atoms with E-state index in [1.165, 1.54) is 11.6 Å². The van der Waals surface area contributed by atoms with Gasteiger partial charge in [-0.25, -0.2) is 14.6 Å². The van der Waals surface area contributed by atoms with Crippen molar-refractivity contribution in [3.8, 4) is 0 Å². The highest BCUT2D eigenvalue weighted by Crippen LogP contribution is 2.38. The van der Waals surface area contributed by atoms with E-state index in [-0.39, 0.29) is 18.0 Å². The number of esters is 1. The molecule has 0 unspecified atom stereocenters. The van der Waals surface area contributed by atoms with E-state index in [0.717, 1.165) is 29.7 Å². The summed E-state index contributed by atoms with van der Waals surface area (Å²) in [5, 5.41) is 9.77. The van der Waals surface area contributed by atoms with Crippen molar-refractivity contribution in [1.29, 1.82) is 0 Å². The van der Waals surface area contributed by atoms with Crippen LogP contribution in [0.25, 0.3) is 0 Å². The molecule has 1 heterocycles. The van der Waals surface area contributed by atoms with Gasteiger partial charge in [0.15, 0.2) is 5.71 Å². The fraction of sp³-hybridized carbons (Fsp3) is 0.292. The predicted molar refractivity (Wildman–Crippen MR) is 117 cm³/mol. The highest BCUT2D eigenvalue weighted by Gasteiger charge is 2.30. The Labute approximate surface area is 176 Å². The Morgan fingerprint density at radius 3 is 2.50 bits per heavy atom. The first-order valence-corrected chi connectivity index (χ1v) is 10.0. The fourth-order valence-corrected chi connectivity index (χ4v) is 3.45. The van der Waals surface area contributed by atoms with Crippen molar-refractivity contribution >= 4 is 29.0 Å². The summed E-state index contributed by atoms with van der Waals surface area (Å²) in [5.74, 6) is -1.76. The van der Waals surface area contributed by atoms with Crippen molar-refractivity contribution in [2.75, 3.05) is 18.1 Å². The van der Waals surface area contributed by atoms with Crippen LogP contribution in [-0.2, 0) is 20.7 Å². The Hall–Kier alpha value is -3.41. The average Bonchev–Trinajstić information content (AvgIpc) is 2.71. The standard InChI is InChI=1S/C24H26N2O4/c1-4-30-22(27)15-21-23(24(28)29)25-19-13-16(2)17(3)14-20(19)26(21)12-8-11-18-9-6-5-7-10-18/h5-7,9-10,13-15H,4,8,11-12H2,1-3H3,(H,28,29). The Kier molecular flexibility index (Phi) is 6.67. The van der Waals surface area contributed by atoms with Crippen LogP contribution < -0.4 is 4.90 Å². The van der Waals surface area contributed by atoms with E-state index in [1.54, 1.807) is 6.92 Å². The zero-order valence-corrected chi connectivity index (χ0v) is 17.5. The second kappa shape index (κ2) is 9.39. The maximum atomic E-state index is 12.2. The van der Waals surface area contributed by atoms with E-state index >= 15 is 0 Å². The van der Waals surface area contributed by atoms with E-state index in [1.807, 2.05) is 49.1 Å². The zero-order valence-electron chi connectivity index (χ0n) is 17.5. The minimum Gasteiger partial charge on any atom is -0.476 e. The van der Waals surface area contributed by atoms with Gasteiger partial charge in [-0.2, -0.15) is 0 Å². The minimum atomic E-state index is -1.18. The maximum Gasteiger partial charge on any atom is 0.356 e. The molecule has 0 saturated carbocycles. The Balaban J connectivity index is 2.01. The first kappa shape index (κ1) is 21.3. The second-order valence-corrected chi connectivity index (χ2v) is 7.21. The number of aliphatic imine (C=N–C) groups is 1. The molecular formula is C24H26N2O4. The number of nitrogens with zero attached hydrogens (tertiary/aromatic N) is 2. The zero-order chi connectivity index (χ0) is 21.7. The lowest BCUT2D eigenvalue weighted by atomic mass is 10.0. The van der Waals surface area contributed by atoms with Gasteiger partial charge in [0.1, 0.15) is 0 Å². The van der Waals surface area contributed by atoms with Gasteiger partial charge >= 0.3 is 11.9 Å². The average molecular weight is 406 g/mol. The quantitative estimate of drug-likeness (QED) is 0.546. The van der Waals surface area contributed by atoms with Gasteiger partial charge in [-0.1, -0.05) is 30.3 Å². The van der Waals surface area contributed by atoms with E-state index in [4.69, 9.17) is 4.74 Å². The van der Waals surface area contributed by atoms with Crippen LogP contribution in [0, 0.1) is 13.8 Å². The number of hydrogen-bond donors (Lipinski definition) is 1. The monoisotopic (exact) mass is 406 g/mol. The smallest absolute Gasteiger partial charge is 0.356 e. The van der Waals surface area contributed by atoms with Crippen molar-refractivity contribution in [3.63, 3.8) is 0 Å². The number of rotatable bonds is 7. The predicted octanol–water partition coefficient (Wildman–Crippen LogP) is 4.36. The largest absolute Gasteiger partial charge is 0.476 e. The van der Waals surface area contributed by atoms with Crippen LogP contribution >= 0.6 is 0 Å². The van der Waals surface area contributed by atoms with Crippen LogP contribution in [-0.4, -0.2) is 35.9 Å². The number of carbonyl (C=O) groups is 2. The molecule has 6 heteroatoms. The lowest BCUT2D eigenvalue weighted by molar-refractivity contribution is -0.137. The normalized spacial score (nSPS) is 14.3. The summed E-state index contributed by atoms with van der Waals surface area (Å²) in [6, 6.07) is 14.0. The van der Waals surface area contributed by atoms with Gasteiger partial charge in [0.25, 0.3) is 0 Å². The number of ether oxygens (including phenoxy) is 1. The van der Waals surface area contributed by atoms with Crippen LogP contribution in [0.1, 0.15) is 30.0 Å². The SMILES string of the molecule is CCOC(=O)C=C1C(C(=O)O)=Nc2cc(C)c(C)cc2N1CCCc1ccccc1. The molecule has 0 saturated heterocycles. The topological polar surface area (TPSA) is 79.2 Å². The number of benzene rings is 2. The molecule has 0 radical (unpaired) electrons. The maximum absolute atomic E-state index is 12.2. The third-order valence-corrected chi connectivity index (χ3v) is 5.08. The molecule has 6 nitrogen and oxygen atoms in total. The molecule has 30 heavy (non-hydrogen) atoms. The molecule has 0 aromatic heterocycles. The van der Waals surface area contributed by atoms with Crippen molar-refractivity contribution in [3.05, 3.63) is 70.9 Å². The number of anilines is 1. The molecule has 1 N–H and O–H groups in total. The van der Waals surface area contributed by atoms with Crippen molar-refractivity contribution < 1.29 is 19.4 Å². The molecule has 1 aliphatic rings. The summed E-state index contributed by atoms with van der Waals surface area (Å²) in [6.07, 6.45) is 2.85. The van der Waals surface area contributed by atoms with Crippen molar-refractivity contribution in [2.45, 2.75) is 33.6 Å². The van der Waals surface area contributed by atoms with E-state index in [2.05, 4.69) is 17.1 Å². The third kappa shape index (κ3) is 4.76. The number of fused-ring (bicyclic) bond motifs is 1. The lowest BCUT2D eigenvalue weighted by Crippen LogP contribution is -2.35. The number of carboxylic acid groups (broad SMARTS) is 1. The van der Waals surface area contributed by atoms with Gasteiger partial charge in [-0.05, 0) is 62.4 Å². The van der Waals surface area contributed by atoms with Gasteiger partial charge in [0.05, 0.1) is 23.7 Å². The van der Waals surface area contributed by atoms with Gasteiger partial charge in [-0.3, -0.25) is 0 Å².